The normalized spacial score (nSPS) is 11.9. The zero-order valence-corrected chi connectivity index (χ0v) is 12.8. The zero-order chi connectivity index (χ0) is 15.2. The quantitative estimate of drug-likeness (QED) is 0.322. The highest BCUT2D eigenvalue weighted by Gasteiger charge is 2.15. The number of carbonyl (C=O) groups excluding carboxylic acids is 1. The van der Waals surface area contributed by atoms with E-state index in [1.54, 1.807) is 0 Å². The summed E-state index contributed by atoms with van der Waals surface area (Å²) in [5, 5.41) is 10.8. The topological polar surface area (TPSA) is 75.6 Å². The van der Waals surface area contributed by atoms with Crippen molar-refractivity contribution in [1.29, 1.82) is 0 Å². The lowest BCUT2D eigenvalue weighted by atomic mass is 10.1. The second-order valence-electron chi connectivity index (χ2n) is 5.09. The molecule has 0 aromatic heterocycles. The molecule has 0 heterocycles. The molecule has 5 nitrogen and oxygen atoms in total. The Morgan fingerprint density at radius 1 is 1.00 bits per heavy atom. The van der Waals surface area contributed by atoms with E-state index in [0.29, 0.717) is 12.8 Å². The molecule has 0 aliphatic heterocycles. The number of esters is 1. The molecule has 0 rings (SSSR count). The fourth-order valence-electron chi connectivity index (χ4n) is 2.00. The van der Waals surface area contributed by atoms with E-state index in [-0.39, 0.29) is 5.97 Å². The number of nitrogens with one attached hydrogen (secondary N) is 1. The Morgan fingerprint density at radius 2 is 1.60 bits per heavy atom. The lowest BCUT2D eigenvalue weighted by Gasteiger charge is -2.16. The van der Waals surface area contributed by atoms with Crippen LogP contribution in [-0.4, -0.2) is 23.4 Å². The summed E-state index contributed by atoms with van der Waals surface area (Å²) in [6, 6.07) is 0. The third-order valence-corrected chi connectivity index (χ3v) is 3.09. The maximum atomic E-state index is 11.6. The number of carboxylic acid groups (broad SMARTS) is 1. The summed E-state index contributed by atoms with van der Waals surface area (Å²) in [6.45, 7) is 4.11. The van der Waals surface area contributed by atoms with Crippen molar-refractivity contribution in [3.63, 3.8) is 0 Å². The first-order chi connectivity index (χ1) is 9.60. The maximum Gasteiger partial charge on any atom is 0.407 e. The van der Waals surface area contributed by atoms with E-state index in [2.05, 4.69) is 12.2 Å². The number of hydrogen-bond donors (Lipinski definition) is 2. The molecule has 0 aromatic rings. The van der Waals surface area contributed by atoms with Gasteiger partial charge in [0.2, 0.25) is 0 Å². The summed E-state index contributed by atoms with van der Waals surface area (Å²) in [5.41, 5.74) is 0. The summed E-state index contributed by atoms with van der Waals surface area (Å²) >= 11 is 0. The molecule has 20 heavy (non-hydrogen) atoms. The molecule has 118 valence electrons. The van der Waals surface area contributed by atoms with Crippen LogP contribution in [0.5, 0.6) is 0 Å². The SMILES string of the molecule is CCCCCCCCCC(=O)OC(CCC)NC(=O)O. The Labute approximate surface area is 122 Å². The predicted octanol–water partition coefficient (Wildman–Crippen LogP) is 4.06. The monoisotopic (exact) mass is 287 g/mol. The Balaban J connectivity index is 3.66. The van der Waals surface area contributed by atoms with Gasteiger partial charge in [0.15, 0.2) is 6.23 Å². The first kappa shape index (κ1) is 18.7. The molecule has 1 unspecified atom stereocenters. The summed E-state index contributed by atoms with van der Waals surface area (Å²) < 4.78 is 5.12. The van der Waals surface area contributed by atoms with Crippen molar-refractivity contribution in [3.05, 3.63) is 0 Å². The summed E-state index contributed by atoms with van der Waals surface area (Å²) in [5.74, 6) is -0.314. The number of ether oxygens (including phenoxy) is 1. The van der Waals surface area contributed by atoms with Gasteiger partial charge in [-0.25, -0.2) is 4.79 Å². The van der Waals surface area contributed by atoms with Crippen LogP contribution in [0, 0.1) is 0 Å². The molecule has 0 aliphatic carbocycles. The van der Waals surface area contributed by atoms with Crippen molar-refractivity contribution < 1.29 is 19.4 Å². The van der Waals surface area contributed by atoms with Crippen molar-refractivity contribution >= 4 is 12.1 Å². The molecule has 0 fully saturated rings. The molecule has 1 atom stereocenters. The largest absolute Gasteiger partial charge is 0.465 e. The minimum absolute atomic E-state index is 0.314. The van der Waals surface area contributed by atoms with E-state index in [1.165, 1.54) is 25.7 Å². The first-order valence-electron chi connectivity index (χ1n) is 7.79. The average Bonchev–Trinajstić information content (AvgIpc) is 2.37. The van der Waals surface area contributed by atoms with Crippen LogP contribution in [0.25, 0.3) is 0 Å². The van der Waals surface area contributed by atoms with Gasteiger partial charge in [-0.3, -0.25) is 10.1 Å². The van der Waals surface area contributed by atoms with E-state index in [9.17, 15) is 9.59 Å². The Morgan fingerprint density at radius 3 is 2.15 bits per heavy atom. The molecule has 0 spiro atoms. The third kappa shape index (κ3) is 11.8. The zero-order valence-electron chi connectivity index (χ0n) is 12.8. The van der Waals surface area contributed by atoms with Crippen LogP contribution >= 0.6 is 0 Å². The summed E-state index contributed by atoms with van der Waals surface area (Å²) in [4.78, 5) is 22.1. The van der Waals surface area contributed by atoms with Gasteiger partial charge in [0.25, 0.3) is 0 Å². The molecule has 0 aliphatic rings. The molecule has 0 aromatic carbocycles. The van der Waals surface area contributed by atoms with Crippen molar-refractivity contribution in [3.8, 4) is 0 Å². The van der Waals surface area contributed by atoms with E-state index < -0.39 is 12.3 Å². The number of amides is 1. The van der Waals surface area contributed by atoms with Crippen LogP contribution in [0.2, 0.25) is 0 Å². The van der Waals surface area contributed by atoms with E-state index in [0.717, 1.165) is 25.7 Å². The van der Waals surface area contributed by atoms with Gasteiger partial charge in [-0.15, -0.1) is 0 Å². The van der Waals surface area contributed by atoms with Gasteiger partial charge in [-0.05, 0) is 6.42 Å². The molecule has 1 amide bonds. The highest BCUT2D eigenvalue weighted by atomic mass is 16.6. The number of unbranched alkanes of at least 4 members (excludes halogenated alkanes) is 6. The minimum atomic E-state index is -1.16. The van der Waals surface area contributed by atoms with Crippen LogP contribution in [0.1, 0.15) is 78.1 Å². The highest BCUT2D eigenvalue weighted by molar-refractivity contribution is 5.70. The lowest BCUT2D eigenvalue weighted by Crippen LogP contribution is -2.37. The van der Waals surface area contributed by atoms with Gasteiger partial charge in [-0.2, -0.15) is 0 Å². The molecule has 0 bridgehead atoms. The van der Waals surface area contributed by atoms with Crippen molar-refractivity contribution in [2.24, 2.45) is 0 Å². The fourth-order valence-corrected chi connectivity index (χ4v) is 2.00. The van der Waals surface area contributed by atoms with E-state index in [4.69, 9.17) is 9.84 Å². The highest BCUT2D eigenvalue weighted by Crippen LogP contribution is 2.09. The van der Waals surface area contributed by atoms with Crippen LogP contribution in [0.4, 0.5) is 4.79 Å². The smallest absolute Gasteiger partial charge is 0.407 e. The first-order valence-corrected chi connectivity index (χ1v) is 7.79. The second kappa shape index (κ2) is 12.8. The standard InChI is InChI=1S/C15H29NO4/c1-3-5-6-7-8-9-10-12-14(17)20-13(11-4-2)16-15(18)19/h13,16H,3-12H2,1-2H3,(H,18,19). The summed E-state index contributed by atoms with van der Waals surface area (Å²) in [7, 11) is 0. The van der Waals surface area contributed by atoms with Crippen molar-refractivity contribution in [2.75, 3.05) is 0 Å². The van der Waals surface area contributed by atoms with Crippen molar-refractivity contribution in [1.82, 2.24) is 5.32 Å². The van der Waals surface area contributed by atoms with Gasteiger partial charge >= 0.3 is 12.1 Å². The molecular formula is C15H29NO4. The van der Waals surface area contributed by atoms with Gasteiger partial charge in [0.05, 0.1) is 0 Å². The number of rotatable bonds is 12. The molecule has 0 saturated carbocycles. The molecule has 2 N–H and O–H groups in total. The molecule has 5 heteroatoms. The van der Waals surface area contributed by atoms with Gasteiger partial charge in [-0.1, -0.05) is 58.8 Å². The van der Waals surface area contributed by atoms with Crippen LogP contribution in [0.3, 0.4) is 0 Å². The Bertz CT molecular complexity index is 269. The lowest BCUT2D eigenvalue weighted by molar-refractivity contribution is -0.150. The Kier molecular flexibility index (Phi) is 12.0. The van der Waals surface area contributed by atoms with Crippen LogP contribution in [0.15, 0.2) is 0 Å². The fraction of sp³-hybridized carbons (Fsp3) is 0.867. The van der Waals surface area contributed by atoms with E-state index in [1.807, 2.05) is 6.92 Å². The second-order valence-corrected chi connectivity index (χ2v) is 5.09. The van der Waals surface area contributed by atoms with Gasteiger partial charge in [0.1, 0.15) is 0 Å². The van der Waals surface area contributed by atoms with Crippen LogP contribution < -0.4 is 5.32 Å². The minimum Gasteiger partial charge on any atom is -0.465 e. The third-order valence-electron chi connectivity index (χ3n) is 3.09. The van der Waals surface area contributed by atoms with E-state index >= 15 is 0 Å². The average molecular weight is 287 g/mol. The van der Waals surface area contributed by atoms with Gasteiger partial charge < -0.3 is 9.84 Å². The number of hydrogen-bond acceptors (Lipinski definition) is 3. The van der Waals surface area contributed by atoms with Crippen molar-refractivity contribution in [2.45, 2.75) is 84.3 Å². The van der Waals surface area contributed by atoms with Gasteiger partial charge in [0, 0.05) is 12.8 Å². The van der Waals surface area contributed by atoms with Crippen LogP contribution in [-0.2, 0) is 9.53 Å². The molecule has 0 saturated heterocycles. The maximum absolute atomic E-state index is 11.6. The Hall–Kier alpha value is -1.26. The molecular weight excluding hydrogens is 258 g/mol. The summed E-state index contributed by atoms with van der Waals surface area (Å²) in [6.07, 6.45) is 7.77. The molecule has 0 radical (unpaired) electrons. The predicted molar refractivity (Wildman–Crippen MR) is 78.6 cm³/mol. The number of carbonyl (C=O) groups is 2.